The zero-order valence-electron chi connectivity index (χ0n) is 20.3. The molecule has 0 unspecified atom stereocenters. The van der Waals surface area contributed by atoms with Crippen LogP contribution >= 0.6 is 0 Å². The van der Waals surface area contributed by atoms with Gasteiger partial charge in [0.2, 0.25) is 0 Å². The van der Waals surface area contributed by atoms with Gasteiger partial charge in [0.25, 0.3) is 0 Å². The molecular weight excluding hydrogens is 402 g/mol. The van der Waals surface area contributed by atoms with Crippen LogP contribution in [0.2, 0.25) is 0 Å². The van der Waals surface area contributed by atoms with Gasteiger partial charge in [0.05, 0.1) is 11.5 Å². The predicted molar refractivity (Wildman–Crippen MR) is 146 cm³/mol. The Labute approximate surface area is 198 Å². The first-order chi connectivity index (χ1) is 15.9. The van der Waals surface area contributed by atoms with E-state index in [0.717, 1.165) is 57.3 Å². The van der Waals surface area contributed by atoms with Crippen molar-refractivity contribution < 1.29 is 0 Å². The van der Waals surface area contributed by atoms with E-state index in [-0.39, 0.29) is 5.92 Å². The molecule has 170 valence electrons. The molecule has 1 atom stereocenters. The second kappa shape index (κ2) is 10.8. The van der Waals surface area contributed by atoms with Gasteiger partial charge < -0.3 is 10.3 Å². The Kier molecular flexibility index (Phi) is 7.89. The molecule has 0 aliphatic heterocycles. The zero-order valence-corrected chi connectivity index (χ0v) is 20.3. The lowest BCUT2D eigenvalue weighted by atomic mass is 9.93. The van der Waals surface area contributed by atoms with Crippen molar-refractivity contribution in [2.45, 2.75) is 40.5 Å². The number of rotatable bonds is 8. The number of benzene rings is 2. The van der Waals surface area contributed by atoms with Crippen LogP contribution in [-0.2, 0) is 0 Å². The van der Waals surface area contributed by atoms with E-state index >= 15 is 0 Å². The number of hydrogen-bond acceptors (Lipinski definition) is 2. The number of aliphatic imine (C=N–C) groups is 1. The molecule has 1 heterocycles. The number of allylic oxidation sites excluding steroid dienone is 2. The Morgan fingerprint density at radius 2 is 1.76 bits per heavy atom. The van der Waals surface area contributed by atoms with Gasteiger partial charge in [0, 0.05) is 34.3 Å². The number of hydrogen-bond donors (Lipinski definition) is 1. The van der Waals surface area contributed by atoms with Crippen LogP contribution in [0.25, 0.3) is 30.1 Å². The van der Waals surface area contributed by atoms with Crippen molar-refractivity contribution in [2.24, 2.45) is 10.9 Å². The molecule has 3 rings (SSSR count). The Morgan fingerprint density at radius 3 is 2.36 bits per heavy atom. The van der Waals surface area contributed by atoms with E-state index in [1.165, 1.54) is 5.57 Å². The van der Waals surface area contributed by atoms with E-state index in [1.54, 1.807) is 0 Å². The minimum Gasteiger partial charge on any atom is -0.398 e. The second-order valence-electron chi connectivity index (χ2n) is 8.30. The van der Waals surface area contributed by atoms with Crippen molar-refractivity contribution in [1.82, 2.24) is 4.57 Å². The molecule has 0 aliphatic carbocycles. The fourth-order valence-corrected chi connectivity index (χ4v) is 4.24. The minimum atomic E-state index is 0.226. The lowest BCUT2D eigenvalue weighted by molar-refractivity contribution is 0.811. The molecule has 3 nitrogen and oxygen atoms in total. The van der Waals surface area contributed by atoms with Gasteiger partial charge in [-0.05, 0) is 67.3 Å². The maximum Gasteiger partial charge on any atom is 0.0714 e. The van der Waals surface area contributed by atoms with Gasteiger partial charge in [-0.15, -0.1) is 0 Å². The lowest BCUT2D eigenvalue weighted by Crippen LogP contribution is -2.28. The Bertz CT molecular complexity index is 1290. The standard InChI is InChI=1S/C30H35N3/c1-7-24(19-25(8-2)27-17-13-14-18-28(27)31)23(6)32-20-30-22(5)21(4)29(9-3)33(30)26-15-11-10-12-16-26/h9-20,24H,3,5,7-8,31H2,1-2,4,6H3/b25-19-,30-20+,32-23?/t24-/m1/s1. The van der Waals surface area contributed by atoms with Crippen molar-refractivity contribution >= 4 is 35.8 Å². The van der Waals surface area contributed by atoms with E-state index < -0.39 is 0 Å². The number of aromatic nitrogens is 1. The molecular formula is C30H35N3. The molecule has 0 saturated carbocycles. The Hall–Kier alpha value is -3.59. The third-order valence-corrected chi connectivity index (χ3v) is 6.29. The summed E-state index contributed by atoms with van der Waals surface area (Å²) in [6.07, 6.45) is 8.04. The maximum absolute atomic E-state index is 6.25. The molecule has 33 heavy (non-hydrogen) atoms. The maximum atomic E-state index is 6.25. The van der Waals surface area contributed by atoms with Gasteiger partial charge >= 0.3 is 0 Å². The van der Waals surface area contributed by atoms with Crippen LogP contribution in [0.4, 0.5) is 5.69 Å². The second-order valence-corrected chi connectivity index (χ2v) is 8.30. The Balaban J connectivity index is 2.10. The largest absolute Gasteiger partial charge is 0.398 e. The molecule has 2 aromatic carbocycles. The van der Waals surface area contributed by atoms with Crippen LogP contribution in [0.1, 0.15) is 50.4 Å². The third-order valence-electron chi connectivity index (χ3n) is 6.29. The first kappa shape index (κ1) is 24.1. The molecule has 0 fully saturated rings. The Morgan fingerprint density at radius 1 is 1.09 bits per heavy atom. The van der Waals surface area contributed by atoms with E-state index in [9.17, 15) is 0 Å². The van der Waals surface area contributed by atoms with Crippen LogP contribution in [0, 0.1) is 12.8 Å². The van der Waals surface area contributed by atoms with Crippen LogP contribution in [-0.4, -0.2) is 10.3 Å². The highest BCUT2D eigenvalue weighted by Crippen LogP contribution is 2.26. The summed E-state index contributed by atoms with van der Waals surface area (Å²) >= 11 is 0. The van der Waals surface area contributed by atoms with Crippen molar-refractivity contribution in [1.29, 1.82) is 0 Å². The summed E-state index contributed by atoms with van der Waals surface area (Å²) in [6, 6.07) is 18.4. The fraction of sp³-hybridized carbons (Fsp3) is 0.233. The van der Waals surface area contributed by atoms with Gasteiger partial charge in [-0.1, -0.05) is 69.5 Å². The first-order valence-corrected chi connectivity index (χ1v) is 11.6. The highest BCUT2D eigenvalue weighted by molar-refractivity contribution is 5.90. The number of nitrogen functional groups attached to an aromatic ring is 1. The summed E-state index contributed by atoms with van der Waals surface area (Å²) in [5.41, 5.74) is 13.7. The minimum absolute atomic E-state index is 0.226. The van der Waals surface area contributed by atoms with Crippen molar-refractivity contribution in [3.8, 4) is 5.69 Å². The lowest BCUT2D eigenvalue weighted by Gasteiger charge is -2.14. The molecule has 2 N–H and O–H groups in total. The molecule has 0 spiro atoms. The summed E-state index contributed by atoms with van der Waals surface area (Å²) in [4.78, 5) is 4.93. The zero-order chi connectivity index (χ0) is 24.0. The average Bonchev–Trinajstić information content (AvgIpc) is 3.08. The SMILES string of the molecule is C=Cc1c(C)c(=C)/c(=C\N=C(C)[C@@H](/C=C(/CC)c2ccccc2N)CC)n1-c1ccccc1. The van der Waals surface area contributed by atoms with Gasteiger partial charge in [0.15, 0.2) is 0 Å². The van der Waals surface area contributed by atoms with E-state index in [2.05, 4.69) is 69.7 Å². The molecule has 0 amide bonds. The van der Waals surface area contributed by atoms with Crippen LogP contribution in [0.5, 0.6) is 0 Å². The van der Waals surface area contributed by atoms with E-state index in [4.69, 9.17) is 10.7 Å². The smallest absolute Gasteiger partial charge is 0.0714 e. The van der Waals surface area contributed by atoms with Crippen LogP contribution in [0.15, 0.2) is 72.2 Å². The highest BCUT2D eigenvalue weighted by Gasteiger charge is 2.12. The summed E-state index contributed by atoms with van der Waals surface area (Å²) in [5.74, 6) is 0.226. The third kappa shape index (κ3) is 5.09. The van der Waals surface area contributed by atoms with Gasteiger partial charge in [-0.25, -0.2) is 0 Å². The number of nitrogens with two attached hydrogens (primary N) is 1. The van der Waals surface area contributed by atoms with E-state index in [0.29, 0.717) is 0 Å². The molecule has 3 aromatic rings. The monoisotopic (exact) mass is 437 g/mol. The molecule has 0 aliphatic rings. The summed E-state index contributed by atoms with van der Waals surface area (Å²) in [5, 5.41) is 1.95. The quantitative estimate of drug-likeness (QED) is 0.334. The molecule has 0 radical (unpaired) electrons. The average molecular weight is 438 g/mol. The number of para-hydroxylation sites is 2. The summed E-state index contributed by atoms with van der Waals surface area (Å²) < 4.78 is 2.18. The number of anilines is 1. The van der Waals surface area contributed by atoms with Crippen molar-refractivity contribution in [3.63, 3.8) is 0 Å². The van der Waals surface area contributed by atoms with Crippen LogP contribution < -0.4 is 16.3 Å². The van der Waals surface area contributed by atoms with E-state index in [1.807, 2.05) is 48.7 Å². The summed E-state index contributed by atoms with van der Waals surface area (Å²) in [7, 11) is 0. The van der Waals surface area contributed by atoms with Gasteiger partial charge in [-0.3, -0.25) is 4.99 Å². The highest BCUT2D eigenvalue weighted by atomic mass is 15.0. The molecule has 0 saturated heterocycles. The van der Waals surface area contributed by atoms with Gasteiger partial charge in [0.1, 0.15) is 0 Å². The summed E-state index contributed by atoms with van der Waals surface area (Å²) in [6.45, 7) is 16.9. The van der Waals surface area contributed by atoms with Crippen molar-refractivity contribution in [3.05, 3.63) is 94.6 Å². The normalized spacial score (nSPS) is 13.9. The number of nitrogens with zero attached hydrogens (tertiary/aromatic N) is 2. The van der Waals surface area contributed by atoms with Crippen LogP contribution in [0.3, 0.4) is 0 Å². The first-order valence-electron chi connectivity index (χ1n) is 11.6. The molecule has 0 bridgehead atoms. The molecule has 1 aromatic heterocycles. The fourth-order valence-electron chi connectivity index (χ4n) is 4.24. The van der Waals surface area contributed by atoms with Crippen molar-refractivity contribution in [2.75, 3.05) is 5.73 Å². The predicted octanol–water partition coefficient (Wildman–Crippen LogP) is 6.14. The van der Waals surface area contributed by atoms with Gasteiger partial charge in [-0.2, -0.15) is 0 Å². The molecule has 3 heteroatoms. The topological polar surface area (TPSA) is 43.3 Å².